The first-order chi connectivity index (χ1) is 17.4. The minimum atomic E-state index is -1.78. The van der Waals surface area contributed by atoms with E-state index in [0.29, 0.717) is 25.2 Å². The molecule has 5 unspecified atom stereocenters. The Morgan fingerprint density at radius 1 is 0.806 bits per heavy atom. The average molecular weight is 496 g/mol. The van der Waals surface area contributed by atoms with Gasteiger partial charge < -0.3 is 30.5 Å². The van der Waals surface area contributed by atoms with Crippen LogP contribution in [0.3, 0.4) is 0 Å². The molecule has 3 aromatic rings. The Bertz CT molecular complexity index is 1060. The Labute approximate surface area is 208 Å². The van der Waals surface area contributed by atoms with Gasteiger partial charge in [-0.05, 0) is 35.9 Å². The number of amides is 1. The third kappa shape index (κ3) is 6.66. The van der Waals surface area contributed by atoms with E-state index in [-0.39, 0.29) is 6.54 Å². The minimum Gasteiger partial charge on any atom is -0.387 e. The van der Waals surface area contributed by atoms with Crippen molar-refractivity contribution < 1.29 is 30.0 Å². The molecule has 0 radical (unpaired) electrons. The van der Waals surface area contributed by atoms with Crippen molar-refractivity contribution in [3.05, 3.63) is 89.8 Å². The van der Waals surface area contributed by atoms with Crippen molar-refractivity contribution in [2.45, 2.75) is 56.9 Å². The number of hydrogen-bond acceptors (Lipinski definition) is 10. The molecule has 4 heterocycles. The number of aliphatic hydroxyl groups is 4. The molecule has 0 bridgehead atoms. The first kappa shape index (κ1) is 25.8. The van der Waals surface area contributed by atoms with Gasteiger partial charge in [0.1, 0.15) is 18.3 Å². The summed E-state index contributed by atoms with van der Waals surface area (Å²) in [7, 11) is 0. The van der Waals surface area contributed by atoms with Crippen molar-refractivity contribution in [2.75, 3.05) is 0 Å². The summed E-state index contributed by atoms with van der Waals surface area (Å²) in [5.41, 5.74) is 3.40. The second-order valence-electron chi connectivity index (χ2n) is 8.58. The van der Waals surface area contributed by atoms with Crippen LogP contribution in [0, 0.1) is 0 Å². The average Bonchev–Trinajstić information content (AvgIpc) is 2.90. The summed E-state index contributed by atoms with van der Waals surface area (Å²) in [6, 6.07) is 15.3. The number of hydrogen-bond donors (Lipinski definition) is 5. The van der Waals surface area contributed by atoms with Crippen LogP contribution < -0.4 is 5.32 Å². The lowest BCUT2D eigenvalue weighted by molar-refractivity contribution is -0.275. The van der Waals surface area contributed by atoms with Gasteiger partial charge >= 0.3 is 0 Å². The molecule has 11 nitrogen and oxygen atoms in total. The SMILES string of the molecule is O=C(NCc1ccc(CN(Cc2ccccn2)Cc2ccccn2)nc1)C1OC(O)C(O)C(O)C1O. The Morgan fingerprint density at radius 3 is 1.94 bits per heavy atom. The number of carbonyl (C=O) groups excluding carboxylic acids is 1. The number of aliphatic hydroxyl groups excluding tert-OH is 4. The molecule has 1 aliphatic rings. The van der Waals surface area contributed by atoms with Gasteiger partial charge in [-0.3, -0.25) is 24.6 Å². The Kier molecular flexibility index (Phi) is 8.65. The highest BCUT2D eigenvalue weighted by atomic mass is 16.6. The molecule has 11 heteroatoms. The molecule has 0 spiro atoms. The summed E-state index contributed by atoms with van der Waals surface area (Å²) < 4.78 is 4.94. The van der Waals surface area contributed by atoms with E-state index in [0.717, 1.165) is 17.1 Å². The molecule has 4 rings (SSSR count). The van der Waals surface area contributed by atoms with Crippen LogP contribution >= 0.6 is 0 Å². The van der Waals surface area contributed by atoms with Crippen LogP contribution in [0.25, 0.3) is 0 Å². The van der Waals surface area contributed by atoms with Crippen LogP contribution in [0.2, 0.25) is 0 Å². The van der Waals surface area contributed by atoms with E-state index in [1.165, 1.54) is 0 Å². The smallest absolute Gasteiger partial charge is 0.252 e. The van der Waals surface area contributed by atoms with Crippen LogP contribution in [-0.4, -0.2) is 76.9 Å². The van der Waals surface area contributed by atoms with E-state index in [9.17, 15) is 25.2 Å². The Balaban J connectivity index is 1.35. The number of carbonyl (C=O) groups is 1. The number of ether oxygens (including phenoxy) is 1. The van der Waals surface area contributed by atoms with Crippen LogP contribution in [0.5, 0.6) is 0 Å². The fourth-order valence-electron chi connectivity index (χ4n) is 3.86. The maximum Gasteiger partial charge on any atom is 0.252 e. The van der Waals surface area contributed by atoms with Crippen LogP contribution in [-0.2, 0) is 35.7 Å². The molecule has 5 N–H and O–H groups in total. The summed E-state index contributed by atoms with van der Waals surface area (Å²) in [6.45, 7) is 1.89. The third-order valence-electron chi connectivity index (χ3n) is 5.81. The highest BCUT2D eigenvalue weighted by Gasteiger charge is 2.46. The number of nitrogens with zero attached hydrogens (tertiary/aromatic N) is 4. The fourth-order valence-corrected chi connectivity index (χ4v) is 3.86. The number of rotatable bonds is 9. The second-order valence-corrected chi connectivity index (χ2v) is 8.58. The quantitative estimate of drug-likeness (QED) is 0.261. The van der Waals surface area contributed by atoms with E-state index in [4.69, 9.17) is 4.74 Å². The summed E-state index contributed by atoms with van der Waals surface area (Å²) in [5.74, 6) is -0.728. The topological polar surface area (TPSA) is 161 Å². The monoisotopic (exact) mass is 495 g/mol. The maximum atomic E-state index is 12.4. The van der Waals surface area contributed by atoms with Crippen LogP contribution in [0.1, 0.15) is 22.6 Å². The zero-order valence-corrected chi connectivity index (χ0v) is 19.5. The third-order valence-corrected chi connectivity index (χ3v) is 5.81. The zero-order chi connectivity index (χ0) is 25.5. The lowest BCUT2D eigenvalue weighted by atomic mass is 9.98. The molecule has 0 aliphatic carbocycles. The van der Waals surface area contributed by atoms with Gasteiger partial charge in [-0.1, -0.05) is 18.2 Å². The molecule has 1 saturated heterocycles. The Morgan fingerprint density at radius 2 is 1.42 bits per heavy atom. The van der Waals surface area contributed by atoms with E-state index in [1.54, 1.807) is 18.6 Å². The first-order valence-electron chi connectivity index (χ1n) is 11.5. The number of aromatic nitrogens is 3. The van der Waals surface area contributed by atoms with Crippen molar-refractivity contribution >= 4 is 5.91 Å². The van der Waals surface area contributed by atoms with E-state index >= 15 is 0 Å². The summed E-state index contributed by atoms with van der Waals surface area (Å²) in [5, 5.41) is 41.5. The molecule has 1 amide bonds. The summed E-state index contributed by atoms with van der Waals surface area (Å²) >= 11 is 0. The maximum absolute atomic E-state index is 12.4. The second kappa shape index (κ2) is 12.1. The fraction of sp³-hybridized carbons (Fsp3) is 0.360. The zero-order valence-electron chi connectivity index (χ0n) is 19.5. The molecule has 1 aliphatic heterocycles. The molecular weight excluding hydrogens is 466 g/mol. The van der Waals surface area contributed by atoms with Gasteiger partial charge in [-0.15, -0.1) is 0 Å². The lowest BCUT2D eigenvalue weighted by Gasteiger charge is -2.37. The highest BCUT2D eigenvalue weighted by molar-refractivity contribution is 5.81. The van der Waals surface area contributed by atoms with Gasteiger partial charge in [-0.2, -0.15) is 0 Å². The first-order valence-corrected chi connectivity index (χ1v) is 11.5. The Hall–Kier alpha value is -3.32. The van der Waals surface area contributed by atoms with Gasteiger partial charge in [0.25, 0.3) is 5.91 Å². The van der Waals surface area contributed by atoms with Crippen molar-refractivity contribution in [1.29, 1.82) is 0 Å². The van der Waals surface area contributed by atoms with Crippen LogP contribution in [0.15, 0.2) is 67.1 Å². The lowest BCUT2D eigenvalue weighted by Crippen LogP contribution is -2.61. The van der Waals surface area contributed by atoms with Crippen molar-refractivity contribution in [1.82, 2.24) is 25.2 Å². The van der Waals surface area contributed by atoms with E-state index in [2.05, 4.69) is 25.2 Å². The van der Waals surface area contributed by atoms with Gasteiger partial charge in [0, 0.05) is 44.8 Å². The number of pyridine rings is 3. The van der Waals surface area contributed by atoms with E-state index < -0.39 is 36.6 Å². The predicted octanol–water partition coefficient (Wildman–Crippen LogP) is -0.510. The molecule has 3 aromatic heterocycles. The summed E-state index contributed by atoms with van der Waals surface area (Å²) in [4.78, 5) is 27.9. The van der Waals surface area contributed by atoms with E-state index in [1.807, 2.05) is 48.5 Å². The highest BCUT2D eigenvalue weighted by Crippen LogP contribution is 2.20. The van der Waals surface area contributed by atoms with Gasteiger partial charge in [-0.25, -0.2) is 0 Å². The molecule has 1 fully saturated rings. The predicted molar refractivity (Wildman–Crippen MR) is 126 cm³/mol. The normalized spacial score (nSPS) is 24.0. The van der Waals surface area contributed by atoms with Gasteiger partial charge in [0.05, 0.1) is 17.1 Å². The van der Waals surface area contributed by atoms with Crippen molar-refractivity contribution in [3.63, 3.8) is 0 Å². The van der Waals surface area contributed by atoms with Gasteiger partial charge in [0.15, 0.2) is 12.4 Å². The standard InChI is InChI=1S/C25H29N5O6/c31-20-21(32)23(36-25(35)22(20)33)24(34)29-12-16-7-8-19(28-11-16)15-30(13-17-5-1-3-9-26-17)14-18-6-2-4-10-27-18/h1-11,20-23,25,31-33,35H,12-15H2,(H,29,34). The molecule has 5 atom stereocenters. The largest absolute Gasteiger partial charge is 0.387 e. The van der Waals surface area contributed by atoms with Crippen molar-refractivity contribution in [2.24, 2.45) is 0 Å². The summed E-state index contributed by atoms with van der Waals surface area (Å²) in [6.07, 6.45) is -3.21. The number of nitrogens with one attached hydrogen (secondary N) is 1. The molecule has 36 heavy (non-hydrogen) atoms. The van der Waals surface area contributed by atoms with Crippen molar-refractivity contribution in [3.8, 4) is 0 Å². The molecule has 0 aromatic carbocycles. The molecular formula is C25H29N5O6. The van der Waals surface area contributed by atoms with Gasteiger partial charge in [0.2, 0.25) is 0 Å². The van der Waals surface area contributed by atoms with Crippen LogP contribution in [0.4, 0.5) is 0 Å². The minimum absolute atomic E-state index is 0.0963. The molecule has 190 valence electrons. The molecule has 0 saturated carbocycles.